The third-order valence-electron chi connectivity index (χ3n) is 0.791. The molecule has 0 aromatic carbocycles. The molecule has 8 heteroatoms. The van der Waals surface area contributed by atoms with E-state index in [4.69, 9.17) is 5.26 Å². The van der Waals surface area contributed by atoms with Crippen LogP contribution in [0.15, 0.2) is 0 Å². The normalized spacial score (nSPS) is 15.2. The number of carboxylic acid groups (broad SMARTS) is 1. The van der Waals surface area contributed by atoms with Crippen molar-refractivity contribution in [2.45, 2.75) is 11.1 Å². The summed E-state index contributed by atoms with van der Waals surface area (Å²) in [5.41, 5.74) is 0. The molecule has 0 spiro atoms. The quantitative estimate of drug-likeness (QED) is 0.356. The molecule has 0 heterocycles. The van der Waals surface area contributed by atoms with Gasteiger partial charge in [-0.2, -0.15) is 14.0 Å². The fourth-order valence-corrected chi connectivity index (χ4v) is 0.241. The van der Waals surface area contributed by atoms with Crippen LogP contribution in [0.3, 0.4) is 0 Å². The fraction of sp³-hybridized carbons (Fsp3) is 0.500. The number of alkyl halides is 4. The van der Waals surface area contributed by atoms with Gasteiger partial charge in [-0.25, -0.2) is 4.39 Å². The number of rotatable bonds is 2. The van der Waals surface area contributed by atoms with Crippen LogP contribution in [0.5, 0.6) is 0 Å². The molecule has 0 saturated heterocycles. The van der Waals surface area contributed by atoms with Gasteiger partial charge in [0, 0.05) is 0 Å². The number of nitrogens with zero attached hydrogens (tertiary/aromatic N) is 1. The fourth-order valence-electron chi connectivity index (χ4n) is 0.198. The molecule has 0 bridgehead atoms. The van der Waals surface area contributed by atoms with E-state index in [1.54, 1.807) is 0 Å². The van der Waals surface area contributed by atoms with Crippen molar-refractivity contribution in [3.05, 3.63) is 0 Å². The SMILES string of the molecule is N#CC(F)(F)C(F)(Cl)C(=O)[O-].[Na+]. The Balaban J connectivity index is 0. The predicted molar refractivity (Wildman–Crippen MR) is 25.3 cm³/mol. The van der Waals surface area contributed by atoms with E-state index in [2.05, 4.69) is 11.6 Å². The standard InChI is InChI=1S/C4HClF3NO2.Na/c5-4(8,2(10)11)3(6,7)1-9;/h(H,10,11);/q;+1/p-1. The first-order valence-corrected chi connectivity index (χ1v) is 2.52. The van der Waals surface area contributed by atoms with Crippen LogP contribution in [-0.4, -0.2) is 17.0 Å². The van der Waals surface area contributed by atoms with Crippen molar-refractivity contribution in [3.63, 3.8) is 0 Å². The Hall–Kier alpha value is 0.0400. The Bertz CT molecular complexity index is 227. The molecule has 62 valence electrons. The number of hydrogen-bond acceptors (Lipinski definition) is 3. The molecule has 12 heavy (non-hydrogen) atoms. The Morgan fingerprint density at radius 1 is 1.50 bits per heavy atom. The van der Waals surface area contributed by atoms with E-state index in [9.17, 15) is 23.1 Å². The molecule has 0 fully saturated rings. The zero-order valence-corrected chi connectivity index (χ0v) is 8.53. The molecule has 0 N–H and O–H groups in total. The van der Waals surface area contributed by atoms with Gasteiger partial charge >= 0.3 is 35.5 Å². The minimum Gasteiger partial charge on any atom is -0.545 e. The Labute approximate surface area is 92.4 Å². The summed E-state index contributed by atoms with van der Waals surface area (Å²) < 4.78 is 35.9. The molecule has 0 saturated carbocycles. The first kappa shape index (κ1) is 14.6. The van der Waals surface area contributed by atoms with Gasteiger partial charge in [0.25, 0.3) is 5.13 Å². The van der Waals surface area contributed by atoms with Crippen LogP contribution in [0.2, 0.25) is 0 Å². The van der Waals surface area contributed by atoms with E-state index < -0.39 is 17.0 Å². The second-order valence-corrected chi connectivity index (χ2v) is 2.07. The smallest absolute Gasteiger partial charge is 0.545 e. The van der Waals surface area contributed by atoms with Crippen molar-refractivity contribution in [1.82, 2.24) is 0 Å². The van der Waals surface area contributed by atoms with Gasteiger partial charge in [-0.05, 0) is 0 Å². The molecular formula is C4ClF3NNaO2. The second-order valence-electron chi connectivity index (χ2n) is 1.55. The molecule has 3 nitrogen and oxygen atoms in total. The number of carbonyl (C=O) groups excluding carboxylic acids is 1. The molecule has 0 aromatic heterocycles. The number of hydrogen-bond donors (Lipinski definition) is 0. The molecule has 1 atom stereocenters. The van der Waals surface area contributed by atoms with Crippen LogP contribution in [0.4, 0.5) is 13.2 Å². The summed E-state index contributed by atoms with van der Waals surface area (Å²) in [5, 5.41) is 12.7. The summed E-state index contributed by atoms with van der Waals surface area (Å²) in [6.07, 6.45) is 0. The molecule has 0 radical (unpaired) electrons. The summed E-state index contributed by atoms with van der Waals surface area (Å²) in [6, 6.07) is 0.102. The maximum Gasteiger partial charge on any atom is 1.00 e. The van der Waals surface area contributed by atoms with Gasteiger partial charge in [0.2, 0.25) is 0 Å². The molecule has 0 amide bonds. The monoisotopic (exact) mass is 209 g/mol. The van der Waals surface area contributed by atoms with Crippen LogP contribution in [0, 0.1) is 11.3 Å². The predicted octanol–water partition coefficient (Wildman–Crippen LogP) is -3.20. The van der Waals surface area contributed by atoms with E-state index in [1.807, 2.05) is 0 Å². The van der Waals surface area contributed by atoms with Gasteiger partial charge in [-0.15, -0.1) is 0 Å². The van der Waals surface area contributed by atoms with Gasteiger partial charge in [0.1, 0.15) is 12.0 Å². The molecule has 1 unspecified atom stereocenters. The average molecular weight is 209 g/mol. The van der Waals surface area contributed by atoms with Crippen molar-refractivity contribution >= 4 is 17.6 Å². The molecule has 0 rings (SSSR count). The largest absolute Gasteiger partial charge is 1.00 e. The summed E-state index contributed by atoms with van der Waals surface area (Å²) in [6.45, 7) is 0. The number of nitriles is 1. The van der Waals surface area contributed by atoms with Crippen molar-refractivity contribution < 1.29 is 52.6 Å². The van der Waals surface area contributed by atoms with E-state index in [-0.39, 0.29) is 35.6 Å². The number of aliphatic carboxylic acids is 1. The summed E-state index contributed by atoms with van der Waals surface area (Å²) in [5.74, 6) is -7.64. The Morgan fingerprint density at radius 2 is 1.83 bits per heavy atom. The summed E-state index contributed by atoms with van der Waals surface area (Å²) >= 11 is 4.16. The third-order valence-corrected chi connectivity index (χ3v) is 1.18. The van der Waals surface area contributed by atoms with Crippen molar-refractivity contribution in [2.24, 2.45) is 0 Å². The van der Waals surface area contributed by atoms with Crippen LogP contribution in [-0.2, 0) is 4.79 Å². The zero-order valence-electron chi connectivity index (χ0n) is 5.78. The first-order valence-electron chi connectivity index (χ1n) is 2.14. The second kappa shape index (κ2) is 4.33. The van der Waals surface area contributed by atoms with Crippen LogP contribution < -0.4 is 34.7 Å². The van der Waals surface area contributed by atoms with Crippen molar-refractivity contribution in [1.29, 1.82) is 5.26 Å². The molecule has 0 aliphatic rings. The van der Waals surface area contributed by atoms with Crippen LogP contribution in [0.1, 0.15) is 0 Å². The van der Waals surface area contributed by atoms with Gasteiger partial charge in [0.15, 0.2) is 0 Å². The maximum atomic E-state index is 12.1. The Kier molecular flexibility index (Phi) is 5.25. The summed E-state index contributed by atoms with van der Waals surface area (Å²) in [4.78, 5) is 9.58. The van der Waals surface area contributed by atoms with Crippen LogP contribution in [0.25, 0.3) is 0 Å². The minimum absolute atomic E-state index is 0. The van der Waals surface area contributed by atoms with E-state index in [0.717, 1.165) is 0 Å². The number of halogens is 4. The van der Waals surface area contributed by atoms with Gasteiger partial charge < -0.3 is 9.90 Å². The van der Waals surface area contributed by atoms with E-state index in [0.29, 0.717) is 0 Å². The average Bonchev–Trinajstić information content (AvgIpc) is 1.87. The van der Waals surface area contributed by atoms with Gasteiger partial charge in [-0.3, -0.25) is 0 Å². The molecule has 0 aliphatic carbocycles. The third kappa shape index (κ3) is 2.52. The zero-order chi connectivity index (χ0) is 9.28. The molecule has 0 aromatic rings. The number of carboxylic acids is 1. The summed E-state index contributed by atoms with van der Waals surface area (Å²) in [7, 11) is 0. The van der Waals surface area contributed by atoms with Crippen LogP contribution >= 0.6 is 11.6 Å². The number of carbonyl (C=O) groups is 1. The minimum atomic E-state index is -4.80. The van der Waals surface area contributed by atoms with Gasteiger partial charge in [0.05, 0.1) is 0 Å². The Morgan fingerprint density at radius 3 is 1.92 bits per heavy atom. The molecular weight excluding hydrogens is 209 g/mol. The van der Waals surface area contributed by atoms with E-state index >= 15 is 0 Å². The topological polar surface area (TPSA) is 63.9 Å². The van der Waals surface area contributed by atoms with E-state index in [1.165, 1.54) is 0 Å². The van der Waals surface area contributed by atoms with Crippen molar-refractivity contribution in [3.8, 4) is 6.07 Å². The van der Waals surface area contributed by atoms with Gasteiger partial charge in [-0.1, -0.05) is 11.6 Å². The molecule has 0 aliphatic heterocycles. The maximum absolute atomic E-state index is 12.1. The first-order chi connectivity index (χ1) is 4.75. The van der Waals surface area contributed by atoms with Crippen molar-refractivity contribution in [2.75, 3.05) is 0 Å².